The van der Waals surface area contributed by atoms with Gasteiger partial charge in [-0.05, 0) is 25.1 Å². The molecule has 2 N–H and O–H groups in total. The molecule has 0 saturated carbocycles. The first-order chi connectivity index (χ1) is 9.10. The molecule has 0 aliphatic heterocycles. The smallest absolute Gasteiger partial charge is 0.322 e. The molecule has 0 aromatic heterocycles. The number of anilines is 1. The van der Waals surface area contributed by atoms with Crippen LogP contribution < -0.4 is 15.0 Å². The molecule has 1 atom stereocenters. The van der Waals surface area contributed by atoms with Crippen molar-refractivity contribution in [2.75, 3.05) is 32.1 Å². The van der Waals surface area contributed by atoms with Gasteiger partial charge >= 0.3 is 5.97 Å². The van der Waals surface area contributed by atoms with E-state index in [-0.39, 0.29) is 0 Å². The van der Waals surface area contributed by atoms with Crippen LogP contribution in [0.25, 0.3) is 0 Å². The first-order valence-electron chi connectivity index (χ1n) is 6.40. The van der Waals surface area contributed by atoms with Crippen LogP contribution in [-0.2, 0) is 4.79 Å². The van der Waals surface area contributed by atoms with E-state index in [0.717, 1.165) is 17.9 Å². The quantitative estimate of drug-likeness (QED) is 0.748. The summed E-state index contributed by atoms with van der Waals surface area (Å²) in [5.74, 6) is -0.0974. The van der Waals surface area contributed by atoms with Crippen LogP contribution in [0.4, 0.5) is 5.69 Å². The molecule has 1 rings (SSSR count). The summed E-state index contributed by atoms with van der Waals surface area (Å²) < 4.78 is 5.28. The summed E-state index contributed by atoms with van der Waals surface area (Å²) in [4.78, 5) is 13.1. The third-order valence-corrected chi connectivity index (χ3v) is 2.89. The number of nitrogens with one attached hydrogen (secondary N) is 1. The predicted molar refractivity (Wildman–Crippen MR) is 76.0 cm³/mol. The topological polar surface area (TPSA) is 61.8 Å². The van der Waals surface area contributed by atoms with Gasteiger partial charge in [-0.3, -0.25) is 4.79 Å². The van der Waals surface area contributed by atoms with Crippen molar-refractivity contribution < 1.29 is 14.6 Å². The lowest BCUT2D eigenvalue weighted by Gasteiger charge is -2.25. The lowest BCUT2D eigenvalue weighted by atomic mass is 10.2. The summed E-state index contributed by atoms with van der Waals surface area (Å²) >= 11 is 0. The zero-order valence-corrected chi connectivity index (χ0v) is 11.7. The highest BCUT2D eigenvalue weighted by Crippen LogP contribution is 2.26. The minimum absolute atomic E-state index is 0.385. The van der Waals surface area contributed by atoms with Crippen LogP contribution in [0, 0.1) is 0 Å². The Balaban J connectivity index is 2.75. The van der Waals surface area contributed by atoms with Crippen molar-refractivity contribution in [1.82, 2.24) is 5.32 Å². The van der Waals surface area contributed by atoms with E-state index in [2.05, 4.69) is 5.32 Å². The van der Waals surface area contributed by atoms with E-state index in [1.807, 2.05) is 43.1 Å². The Labute approximate surface area is 114 Å². The number of methoxy groups -OCH3 is 1. The molecule has 0 aliphatic carbocycles. The van der Waals surface area contributed by atoms with Gasteiger partial charge in [-0.2, -0.15) is 0 Å². The molecule has 0 heterocycles. The minimum Gasteiger partial charge on any atom is -0.495 e. The average molecular weight is 266 g/mol. The number of likely N-dealkylation sites (N-methyl/N-ethyl adjacent to an activating group) is 1. The molecule has 0 saturated heterocycles. The third kappa shape index (κ3) is 4.44. The van der Waals surface area contributed by atoms with Crippen LogP contribution >= 0.6 is 0 Å². The maximum atomic E-state index is 11.2. The normalized spacial score (nSPS) is 11.9. The number of rotatable bonds is 8. The molecule has 19 heavy (non-hydrogen) atoms. The molecule has 0 amide bonds. The van der Waals surface area contributed by atoms with Crippen molar-refractivity contribution in [1.29, 1.82) is 0 Å². The maximum absolute atomic E-state index is 11.2. The van der Waals surface area contributed by atoms with Gasteiger partial charge in [0.2, 0.25) is 0 Å². The van der Waals surface area contributed by atoms with E-state index >= 15 is 0 Å². The fourth-order valence-electron chi connectivity index (χ4n) is 1.87. The number of hydrogen-bond acceptors (Lipinski definition) is 4. The number of carboxylic acid groups (broad SMARTS) is 1. The first-order valence-corrected chi connectivity index (χ1v) is 6.40. The lowest BCUT2D eigenvalue weighted by Crippen LogP contribution is -2.45. The van der Waals surface area contributed by atoms with Gasteiger partial charge in [0.15, 0.2) is 0 Å². The molecule has 0 aliphatic rings. The van der Waals surface area contributed by atoms with E-state index in [9.17, 15) is 9.90 Å². The fourth-order valence-corrected chi connectivity index (χ4v) is 1.87. The number of aliphatic carboxylic acids is 1. The van der Waals surface area contributed by atoms with Crippen LogP contribution in [0.2, 0.25) is 0 Å². The Hall–Kier alpha value is -1.75. The van der Waals surface area contributed by atoms with Gasteiger partial charge in [-0.15, -0.1) is 0 Å². The molecule has 106 valence electrons. The van der Waals surface area contributed by atoms with E-state index in [1.54, 1.807) is 7.11 Å². The summed E-state index contributed by atoms with van der Waals surface area (Å²) in [7, 11) is 3.47. The molecular formula is C14H22N2O3. The highest BCUT2D eigenvalue weighted by molar-refractivity contribution is 5.74. The molecule has 1 aromatic carbocycles. The third-order valence-electron chi connectivity index (χ3n) is 2.89. The van der Waals surface area contributed by atoms with E-state index in [0.29, 0.717) is 13.1 Å². The van der Waals surface area contributed by atoms with Crippen LogP contribution in [0.5, 0.6) is 5.75 Å². The Bertz CT molecular complexity index is 409. The Morgan fingerprint density at radius 1 is 1.47 bits per heavy atom. The van der Waals surface area contributed by atoms with Crippen LogP contribution in [-0.4, -0.2) is 44.4 Å². The Kier molecular flexibility index (Phi) is 6.15. The van der Waals surface area contributed by atoms with Gasteiger partial charge in [-0.1, -0.05) is 19.1 Å². The van der Waals surface area contributed by atoms with Gasteiger partial charge in [0.05, 0.1) is 12.8 Å². The molecule has 0 radical (unpaired) electrons. The van der Waals surface area contributed by atoms with Crippen molar-refractivity contribution in [2.24, 2.45) is 0 Å². The number of hydrogen-bond donors (Lipinski definition) is 2. The molecular weight excluding hydrogens is 244 g/mol. The SMILES string of the molecule is CCCNC(CN(C)c1ccccc1OC)C(=O)O. The van der Waals surface area contributed by atoms with Gasteiger partial charge < -0.3 is 20.1 Å². The number of benzene rings is 1. The first kappa shape index (κ1) is 15.3. The number of ether oxygens (including phenoxy) is 1. The summed E-state index contributed by atoms with van der Waals surface area (Å²) in [6.07, 6.45) is 0.905. The second-order valence-electron chi connectivity index (χ2n) is 4.40. The lowest BCUT2D eigenvalue weighted by molar-refractivity contribution is -0.139. The molecule has 0 fully saturated rings. The molecule has 0 bridgehead atoms. The summed E-state index contributed by atoms with van der Waals surface area (Å²) in [5, 5.41) is 12.2. The van der Waals surface area contributed by atoms with Gasteiger partial charge in [0, 0.05) is 13.6 Å². The molecule has 1 aromatic rings. The van der Waals surface area contributed by atoms with E-state index in [1.165, 1.54) is 0 Å². The van der Waals surface area contributed by atoms with Gasteiger partial charge in [-0.25, -0.2) is 0 Å². The number of carboxylic acids is 1. The second-order valence-corrected chi connectivity index (χ2v) is 4.40. The summed E-state index contributed by atoms with van der Waals surface area (Å²) in [6, 6.07) is 6.98. The highest BCUT2D eigenvalue weighted by Gasteiger charge is 2.19. The average Bonchev–Trinajstić information content (AvgIpc) is 2.42. The number of carbonyl (C=O) groups is 1. The monoisotopic (exact) mass is 266 g/mol. The van der Waals surface area contributed by atoms with Gasteiger partial charge in [0.1, 0.15) is 11.8 Å². The Morgan fingerprint density at radius 3 is 2.74 bits per heavy atom. The standard InChI is InChI=1S/C14H22N2O3/c1-4-9-15-11(14(17)18)10-16(2)12-7-5-6-8-13(12)19-3/h5-8,11,15H,4,9-10H2,1-3H3,(H,17,18). The second kappa shape index (κ2) is 7.63. The molecule has 1 unspecified atom stereocenters. The largest absolute Gasteiger partial charge is 0.495 e. The van der Waals surface area contributed by atoms with Crippen LogP contribution in [0.15, 0.2) is 24.3 Å². The number of nitrogens with zero attached hydrogens (tertiary/aromatic N) is 1. The van der Waals surface area contributed by atoms with Crippen LogP contribution in [0.1, 0.15) is 13.3 Å². The van der Waals surface area contributed by atoms with E-state index in [4.69, 9.17) is 4.74 Å². The zero-order valence-electron chi connectivity index (χ0n) is 11.7. The van der Waals surface area contributed by atoms with Crippen molar-refractivity contribution in [2.45, 2.75) is 19.4 Å². The van der Waals surface area contributed by atoms with Crippen molar-refractivity contribution in [3.8, 4) is 5.75 Å². The molecule has 5 nitrogen and oxygen atoms in total. The summed E-state index contributed by atoms with van der Waals surface area (Å²) in [5.41, 5.74) is 0.884. The fraction of sp³-hybridized carbons (Fsp3) is 0.500. The Morgan fingerprint density at radius 2 is 2.16 bits per heavy atom. The maximum Gasteiger partial charge on any atom is 0.322 e. The number of para-hydroxylation sites is 2. The van der Waals surface area contributed by atoms with Crippen LogP contribution in [0.3, 0.4) is 0 Å². The van der Waals surface area contributed by atoms with Crippen molar-refractivity contribution in [3.05, 3.63) is 24.3 Å². The van der Waals surface area contributed by atoms with E-state index < -0.39 is 12.0 Å². The highest BCUT2D eigenvalue weighted by atomic mass is 16.5. The molecule has 5 heteroatoms. The van der Waals surface area contributed by atoms with Crippen molar-refractivity contribution in [3.63, 3.8) is 0 Å². The van der Waals surface area contributed by atoms with Crippen molar-refractivity contribution >= 4 is 11.7 Å². The molecule has 0 spiro atoms. The summed E-state index contributed by atoms with van der Waals surface area (Å²) in [6.45, 7) is 3.09. The minimum atomic E-state index is -0.838. The van der Waals surface area contributed by atoms with Gasteiger partial charge in [0.25, 0.3) is 0 Å². The predicted octanol–water partition coefficient (Wildman–Crippen LogP) is 1.58. The zero-order chi connectivity index (χ0) is 14.3.